The maximum atomic E-state index is 14.2. The SMILES string of the molecule is Cc1csc2c(OC(=O)N3CCN(C(=O)CCCCCN4C(=O)C=CC4=O)CC3)cc3c(c12)CCN3C(=O)c1cc2cc(NC(=O)c3cc4ccccc4[nH]3)ccc2[nH]1. The summed E-state index contributed by atoms with van der Waals surface area (Å²) in [4.78, 5) is 89.9. The van der Waals surface area contributed by atoms with E-state index in [9.17, 15) is 28.8 Å². The number of H-pyrrole nitrogens is 2. The third-order valence-electron chi connectivity index (χ3n) is 11.3. The first kappa shape index (κ1) is 37.8. The van der Waals surface area contributed by atoms with E-state index in [1.807, 2.05) is 54.8 Å². The number of aromatic nitrogens is 2. The molecule has 0 aliphatic carbocycles. The third kappa shape index (κ3) is 7.33. The van der Waals surface area contributed by atoms with Gasteiger partial charge in [-0.1, -0.05) is 24.6 Å². The van der Waals surface area contributed by atoms with Gasteiger partial charge in [0.2, 0.25) is 5.91 Å². The molecular formula is C44H41N7O7S. The highest BCUT2D eigenvalue weighted by Crippen LogP contribution is 2.45. The predicted octanol–water partition coefficient (Wildman–Crippen LogP) is 6.76. The van der Waals surface area contributed by atoms with Crippen LogP contribution in [0, 0.1) is 6.92 Å². The molecule has 6 amide bonds. The van der Waals surface area contributed by atoms with Gasteiger partial charge in [0.1, 0.15) is 11.4 Å². The molecule has 0 radical (unpaired) electrons. The summed E-state index contributed by atoms with van der Waals surface area (Å²) in [5.74, 6) is -0.680. The van der Waals surface area contributed by atoms with Gasteiger partial charge >= 0.3 is 6.09 Å². The quantitative estimate of drug-likeness (QED) is 0.102. The number of thiophene rings is 1. The maximum Gasteiger partial charge on any atom is 0.415 e. The number of aryl methyl sites for hydroxylation is 1. The van der Waals surface area contributed by atoms with Crippen LogP contribution in [-0.2, 0) is 20.8 Å². The molecule has 15 heteroatoms. The van der Waals surface area contributed by atoms with E-state index in [0.717, 1.165) is 43.0 Å². The molecule has 0 spiro atoms. The summed E-state index contributed by atoms with van der Waals surface area (Å²) < 4.78 is 6.93. The van der Waals surface area contributed by atoms with Gasteiger partial charge in [-0.05, 0) is 79.1 Å². The first-order chi connectivity index (χ1) is 28.6. The van der Waals surface area contributed by atoms with Crippen LogP contribution in [0.5, 0.6) is 5.75 Å². The van der Waals surface area contributed by atoms with Gasteiger partial charge < -0.3 is 34.7 Å². The van der Waals surface area contributed by atoms with Crippen molar-refractivity contribution in [3.8, 4) is 5.75 Å². The standard InChI is InChI=1S/C44H41N7O7S/c1-26-25-59-41-36(58-44(57)49-19-17-48(18-20-49)37(52)9-3-2-6-15-51-38(53)12-13-39(51)54)24-35-30(40(26)41)14-16-50(35)43(56)34-23-28-21-29(10-11-32(28)47-34)45-42(55)33-22-27-7-4-5-8-31(27)46-33/h4-5,7-8,10-13,21-25,46-47H,2-3,6,9,14-20H2,1H3,(H,45,55). The highest BCUT2D eigenvalue weighted by molar-refractivity contribution is 7.17. The number of anilines is 2. The Balaban J connectivity index is 0.835. The second-order valence-electron chi connectivity index (χ2n) is 15.1. The summed E-state index contributed by atoms with van der Waals surface area (Å²) in [6, 6.07) is 18.5. The summed E-state index contributed by atoms with van der Waals surface area (Å²) in [6.45, 7) is 4.25. The average Bonchev–Trinajstić information content (AvgIpc) is 4.08. The topological polar surface area (TPSA) is 168 Å². The molecule has 3 N–H and O–H groups in total. The Morgan fingerprint density at radius 2 is 1.53 bits per heavy atom. The van der Waals surface area contributed by atoms with Gasteiger partial charge in [-0.15, -0.1) is 11.3 Å². The van der Waals surface area contributed by atoms with E-state index in [0.29, 0.717) is 99.9 Å². The summed E-state index contributed by atoms with van der Waals surface area (Å²) >= 11 is 1.50. The first-order valence-corrected chi connectivity index (χ1v) is 20.6. The minimum atomic E-state index is -0.510. The minimum Gasteiger partial charge on any atom is -0.409 e. The van der Waals surface area contributed by atoms with Gasteiger partial charge in [-0.2, -0.15) is 0 Å². The highest BCUT2D eigenvalue weighted by atomic mass is 32.1. The number of amides is 6. The molecule has 9 rings (SSSR count). The number of unbranched alkanes of at least 4 members (excludes halogenated alkanes) is 2. The Morgan fingerprint density at radius 1 is 0.797 bits per heavy atom. The van der Waals surface area contributed by atoms with Gasteiger partial charge in [-0.25, -0.2) is 4.79 Å². The molecule has 3 aromatic carbocycles. The lowest BCUT2D eigenvalue weighted by Gasteiger charge is -2.34. The summed E-state index contributed by atoms with van der Waals surface area (Å²) in [7, 11) is 0. The molecular weight excluding hydrogens is 771 g/mol. The number of hydrogen-bond acceptors (Lipinski definition) is 8. The zero-order chi connectivity index (χ0) is 40.8. The van der Waals surface area contributed by atoms with Gasteiger partial charge in [-0.3, -0.25) is 28.9 Å². The van der Waals surface area contributed by atoms with E-state index in [-0.39, 0.29) is 29.5 Å². The van der Waals surface area contributed by atoms with Crippen molar-refractivity contribution >= 4 is 90.2 Å². The number of carbonyl (C=O) groups excluding carboxylic acids is 6. The van der Waals surface area contributed by atoms with Gasteiger partial charge in [0.05, 0.1) is 10.4 Å². The first-order valence-electron chi connectivity index (χ1n) is 19.8. The van der Waals surface area contributed by atoms with Crippen molar-refractivity contribution in [1.82, 2.24) is 24.7 Å². The number of piperazine rings is 1. The van der Waals surface area contributed by atoms with Crippen molar-refractivity contribution in [2.75, 3.05) is 49.5 Å². The largest absolute Gasteiger partial charge is 0.415 e. The van der Waals surface area contributed by atoms with Crippen LogP contribution in [-0.4, -0.2) is 99.6 Å². The molecule has 3 aliphatic heterocycles. The Kier molecular flexibility index (Phi) is 9.97. The number of nitrogens with zero attached hydrogens (tertiary/aromatic N) is 4. The zero-order valence-electron chi connectivity index (χ0n) is 32.3. The summed E-state index contributed by atoms with van der Waals surface area (Å²) in [6.07, 6.45) is 5.04. The second kappa shape index (κ2) is 15.5. The molecule has 59 heavy (non-hydrogen) atoms. The highest BCUT2D eigenvalue weighted by Gasteiger charge is 2.32. The Hall–Kier alpha value is -6.74. The fraction of sp³-hybridized carbons (Fsp3) is 0.273. The van der Waals surface area contributed by atoms with Crippen LogP contribution < -0.4 is 15.0 Å². The molecule has 3 aliphatic rings. The molecule has 0 bridgehead atoms. The smallest absolute Gasteiger partial charge is 0.409 e. The summed E-state index contributed by atoms with van der Waals surface area (Å²) in [5, 5.41) is 7.69. The lowest BCUT2D eigenvalue weighted by Crippen LogP contribution is -2.51. The number of carbonyl (C=O) groups is 6. The van der Waals surface area contributed by atoms with Crippen LogP contribution in [0.25, 0.3) is 31.9 Å². The Morgan fingerprint density at radius 3 is 2.32 bits per heavy atom. The van der Waals surface area contributed by atoms with Gasteiger partial charge in [0, 0.05) is 96.8 Å². The van der Waals surface area contributed by atoms with E-state index in [4.69, 9.17) is 4.74 Å². The number of nitrogens with one attached hydrogen (secondary N) is 3. The molecule has 14 nitrogen and oxygen atoms in total. The number of hydrogen-bond donors (Lipinski definition) is 3. The zero-order valence-corrected chi connectivity index (χ0v) is 33.2. The lowest BCUT2D eigenvalue weighted by atomic mass is 10.0. The second-order valence-corrected chi connectivity index (χ2v) is 16.0. The van der Waals surface area contributed by atoms with Crippen LogP contribution in [0.1, 0.15) is 57.8 Å². The van der Waals surface area contributed by atoms with Crippen LogP contribution in [0.2, 0.25) is 0 Å². The molecule has 0 saturated carbocycles. The summed E-state index contributed by atoms with van der Waals surface area (Å²) in [5.41, 5.74) is 5.85. The van der Waals surface area contributed by atoms with Crippen molar-refractivity contribution < 1.29 is 33.5 Å². The monoisotopic (exact) mass is 811 g/mol. The molecule has 300 valence electrons. The minimum absolute atomic E-state index is 0.00993. The Bertz CT molecular complexity index is 2690. The molecule has 6 aromatic rings. The molecule has 6 heterocycles. The molecule has 3 aromatic heterocycles. The molecule has 0 atom stereocenters. The average molecular weight is 812 g/mol. The number of imide groups is 1. The van der Waals surface area contributed by atoms with Gasteiger partial charge in [0.15, 0.2) is 5.75 Å². The van der Waals surface area contributed by atoms with Crippen molar-refractivity contribution in [2.24, 2.45) is 0 Å². The van der Waals surface area contributed by atoms with Crippen molar-refractivity contribution in [2.45, 2.75) is 39.0 Å². The number of fused-ring (bicyclic) bond motifs is 5. The molecule has 1 fully saturated rings. The lowest BCUT2D eigenvalue weighted by molar-refractivity contribution is -0.137. The normalized spacial score (nSPS) is 15.3. The number of rotatable bonds is 10. The van der Waals surface area contributed by atoms with Crippen LogP contribution in [0.15, 0.2) is 78.2 Å². The van der Waals surface area contributed by atoms with Crippen molar-refractivity contribution in [3.05, 3.63) is 101 Å². The number of benzene rings is 3. The fourth-order valence-electron chi connectivity index (χ4n) is 8.22. The van der Waals surface area contributed by atoms with E-state index in [2.05, 4.69) is 15.3 Å². The van der Waals surface area contributed by atoms with Gasteiger partial charge in [0.25, 0.3) is 23.6 Å². The fourth-order valence-corrected chi connectivity index (χ4v) is 9.26. The Labute approximate surface area is 342 Å². The third-order valence-corrected chi connectivity index (χ3v) is 12.5. The van der Waals surface area contributed by atoms with Crippen molar-refractivity contribution in [3.63, 3.8) is 0 Å². The van der Waals surface area contributed by atoms with E-state index >= 15 is 0 Å². The van der Waals surface area contributed by atoms with Crippen LogP contribution in [0.4, 0.5) is 16.2 Å². The predicted molar refractivity (Wildman–Crippen MR) is 225 cm³/mol. The van der Waals surface area contributed by atoms with Crippen LogP contribution >= 0.6 is 11.3 Å². The number of para-hydroxylation sites is 1. The van der Waals surface area contributed by atoms with Crippen molar-refractivity contribution in [1.29, 1.82) is 0 Å². The van der Waals surface area contributed by atoms with E-state index in [1.54, 1.807) is 32.9 Å². The van der Waals surface area contributed by atoms with E-state index in [1.165, 1.54) is 28.4 Å². The molecule has 1 saturated heterocycles. The maximum absolute atomic E-state index is 14.2. The molecule has 0 unspecified atom stereocenters. The number of ether oxygens (including phenoxy) is 1. The number of aromatic amines is 2. The van der Waals surface area contributed by atoms with Crippen LogP contribution in [0.3, 0.4) is 0 Å². The van der Waals surface area contributed by atoms with E-state index < -0.39 is 6.09 Å².